The number of nitrogens with zero attached hydrogens (tertiary/aromatic N) is 1. The molecule has 1 aromatic rings. The summed E-state index contributed by atoms with van der Waals surface area (Å²) >= 11 is 1.75. The van der Waals surface area contributed by atoms with E-state index in [4.69, 9.17) is 5.73 Å². The maximum absolute atomic E-state index is 5.87. The van der Waals surface area contributed by atoms with E-state index in [0.717, 1.165) is 18.3 Å². The van der Waals surface area contributed by atoms with Crippen LogP contribution in [0.3, 0.4) is 0 Å². The Morgan fingerprint density at radius 2 is 2.31 bits per heavy atom. The van der Waals surface area contributed by atoms with Gasteiger partial charge in [0.15, 0.2) is 0 Å². The SMILES string of the molecule is Nc1ccsc1CNC1CCN(C2CC2)C1. The van der Waals surface area contributed by atoms with Crippen LogP contribution in [0, 0.1) is 0 Å². The van der Waals surface area contributed by atoms with E-state index >= 15 is 0 Å². The van der Waals surface area contributed by atoms with Gasteiger partial charge in [-0.25, -0.2) is 0 Å². The van der Waals surface area contributed by atoms with Crippen molar-refractivity contribution < 1.29 is 0 Å². The molecule has 1 aliphatic carbocycles. The van der Waals surface area contributed by atoms with Gasteiger partial charge >= 0.3 is 0 Å². The third kappa shape index (κ3) is 2.24. The van der Waals surface area contributed by atoms with Gasteiger partial charge in [0.25, 0.3) is 0 Å². The van der Waals surface area contributed by atoms with Gasteiger partial charge < -0.3 is 11.1 Å². The lowest BCUT2D eigenvalue weighted by Gasteiger charge is -2.15. The minimum atomic E-state index is 0.669. The van der Waals surface area contributed by atoms with Crippen LogP contribution < -0.4 is 11.1 Å². The van der Waals surface area contributed by atoms with Crippen LogP contribution >= 0.6 is 11.3 Å². The first-order valence-corrected chi connectivity index (χ1v) is 7.00. The third-order valence-electron chi connectivity index (χ3n) is 3.61. The zero-order chi connectivity index (χ0) is 11.0. The molecule has 16 heavy (non-hydrogen) atoms. The minimum absolute atomic E-state index is 0.669. The van der Waals surface area contributed by atoms with Crippen molar-refractivity contribution in [1.29, 1.82) is 0 Å². The summed E-state index contributed by atoms with van der Waals surface area (Å²) in [5.41, 5.74) is 6.81. The van der Waals surface area contributed by atoms with Crippen molar-refractivity contribution in [2.75, 3.05) is 18.8 Å². The van der Waals surface area contributed by atoms with Crippen molar-refractivity contribution in [1.82, 2.24) is 10.2 Å². The number of nitrogens with one attached hydrogen (secondary N) is 1. The van der Waals surface area contributed by atoms with Crippen molar-refractivity contribution in [2.24, 2.45) is 0 Å². The summed E-state index contributed by atoms with van der Waals surface area (Å²) in [6.45, 7) is 3.45. The highest BCUT2D eigenvalue weighted by molar-refractivity contribution is 7.10. The van der Waals surface area contributed by atoms with Crippen molar-refractivity contribution >= 4 is 17.0 Å². The molecule has 88 valence electrons. The largest absolute Gasteiger partial charge is 0.398 e. The second kappa shape index (κ2) is 4.35. The van der Waals surface area contributed by atoms with E-state index < -0.39 is 0 Å². The van der Waals surface area contributed by atoms with Gasteiger partial charge in [-0.1, -0.05) is 0 Å². The Hall–Kier alpha value is -0.580. The average Bonchev–Trinajstić information content (AvgIpc) is 2.89. The van der Waals surface area contributed by atoms with Crippen LogP contribution in [0.4, 0.5) is 5.69 Å². The van der Waals surface area contributed by atoms with Gasteiger partial charge in [-0.15, -0.1) is 11.3 Å². The van der Waals surface area contributed by atoms with Gasteiger partial charge in [-0.3, -0.25) is 4.90 Å². The number of nitrogen functional groups attached to an aromatic ring is 1. The van der Waals surface area contributed by atoms with Crippen molar-refractivity contribution in [2.45, 2.75) is 37.9 Å². The highest BCUT2D eigenvalue weighted by Crippen LogP contribution is 2.30. The minimum Gasteiger partial charge on any atom is -0.398 e. The van der Waals surface area contributed by atoms with E-state index in [-0.39, 0.29) is 0 Å². The normalized spacial score (nSPS) is 26.4. The molecule has 0 bridgehead atoms. The van der Waals surface area contributed by atoms with E-state index in [1.54, 1.807) is 11.3 Å². The van der Waals surface area contributed by atoms with Crippen LogP contribution in [-0.4, -0.2) is 30.1 Å². The van der Waals surface area contributed by atoms with E-state index in [1.807, 2.05) is 6.07 Å². The highest BCUT2D eigenvalue weighted by Gasteiger charge is 2.34. The predicted octanol–water partition coefficient (Wildman–Crippen LogP) is 1.66. The van der Waals surface area contributed by atoms with E-state index in [0.29, 0.717) is 6.04 Å². The Balaban J connectivity index is 1.47. The van der Waals surface area contributed by atoms with Gasteiger partial charge in [0.05, 0.1) is 0 Å². The standard InChI is InChI=1S/C12H19N3S/c13-11-4-6-16-12(11)7-14-9-3-5-15(8-9)10-1-2-10/h4,6,9-10,14H,1-3,5,7-8,13H2. The first-order valence-electron chi connectivity index (χ1n) is 6.12. The monoisotopic (exact) mass is 237 g/mol. The number of anilines is 1. The van der Waals surface area contributed by atoms with Gasteiger partial charge in [0.2, 0.25) is 0 Å². The van der Waals surface area contributed by atoms with Crippen LogP contribution in [0.25, 0.3) is 0 Å². The van der Waals surface area contributed by atoms with E-state index in [2.05, 4.69) is 15.6 Å². The molecular weight excluding hydrogens is 218 g/mol. The zero-order valence-electron chi connectivity index (χ0n) is 9.48. The molecule has 0 radical (unpaired) electrons. The molecular formula is C12H19N3S. The summed E-state index contributed by atoms with van der Waals surface area (Å²) in [4.78, 5) is 3.92. The van der Waals surface area contributed by atoms with Crippen molar-refractivity contribution in [3.63, 3.8) is 0 Å². The van der Waals surface area contributed by atoms with Crippen LogP contribution in [0.15, 0.2) is 11.4 Å². The predicted molar refractivity (Wildman–Crippen MR) is 68.6 cm³/mol. The second-order valence-corrected chi connectivity index (χ2v) is 5.89. The zero-order valence-corrected chi connectivity index (χ0v) is 10.3. The fraction of sp³-hybridized carbons (Fsp3) is 0.667. The molecule has 1 aromatic heterocycles. The average molecular weight is 237 g/mol. The summed E-state index contributed by atoms with van der Waals surface area (Å²) < 4.78 is 0. The van der Waals surface area contributed by atoms with Gasteiger partial charge in [-0.2, -0.15) is 0 Å². The number of thiophene rings is 1. The fourth-order valence-electron chi connectivity index (χ4n) is 2.46. The molecule has 2 heterocycles. The van der Waals surface area contributed by atoms with E-state index in [1.165, 1.54) is 37.2 Å². The quantitative estimate of drug-likeness (QED) is 0.837. The smallest absolute Gasteiger partial charge is 0.0468 e. The van der Waals surface area contributed by atoms with Crippen LogP contribution in [0.5, 0.6) is 0 Å². The lowest BCUT2D eigenvalue weighted by atomic mass is 10.2. The highest BCUT2D eigenvalue weighted by atomic mass is 32.1. The number of rotatable bonds is 4. The number of likely N-dealkylation sites (tertiary alicyclic amines) is 1. The fourth-order valence-corrected chi connectivity index (χ4v) is 3.21. The molecule has 2 aliphatic rings. The number of nitrogens with two attached hydrogens (primary N) is 1. The van der Waals surface area contributed by atoms with Crippen molar-refractivity contribution in [3.05, 3.63) is 16.3 Å². The lowest BCUT2D eigenvalue weighted by molar-refractivity contribution is 0.317. The molecule has 3 N–H and O–H groups in total. The second-order valence-electron chi connectivity index (χ2n) is 4.89. The molecule has 1 unspecified atom stereocenters. The van der Waals surface area contributed by atoms with Crippen LogP contribution in [0.2, 0.25) is 0 Å². The Morgan fingerprint density at radius 3 is 3.00 bits per heavy atom. The Labute approximate surface area is 101 Å². The summed E-state index contributed by atoms with van der Waals surface area (Å²) in [5.74, 6) is 0. The molecule has 3 nitrogen and oxygen atoms in total. The Kier molecular flexibility index (Phi) is 2.88. The van der Waals surface area contributed by atoms with Gasteiger partial charge in [-0.05, 0) is 30.7 Å². The topological polar surface area (TPSA) is 41.3 Å². The number of hydrogen-bond acceptors (Lipinski definition) is 4. The summed E-state index contributed by atoms with van der Waals surface area (Å²) in [5, 5.41) is 5.69. The molecule has 2 fully saturated rings. The summed E-state index contributed by atoms with van der Waals surface area (Å²) in [7, 11) is 0. The molecule has 1 saturated carbocycles. The number of hydrogen-bond donors (Lipinski definition) is 2. The first-order chi connectivity index (χ1) is 7.83. The molecule has 1 aliphatic heterocycles. The van der Waals surface area contributed by atoms with Crippen molar-refractivity contribution in [3.8, 4) is 0 Å². The molecule has 0 aromatic carbocycles. The first kappa shape index (κ1) is 10.6. The van der Waals surface area contributed by atoms with Crippen LogP contribution in [0.1, 0.15) is 24.1 Å². The maximum atomic E-state index is 5.87. The third-order valence-corrected chi connectivity index (χ3v) is 4.55. The molecule has 3 rings (SSSR count). The summed E-state index contributed by atoms with van der Waals surface area (Å²) in [6.07, 6.45) is 4.14. The molecule has 1 saturated heterocycles. The van der Waals surface area contributed by atoms with E-state index in [9.17, 15) is 0 Å². The van der Waals surface area contributed by atoms with Gasteiger partial charge in [0.1, 0.15) is 0 Å². The Morgan fingerprint density at radius 1 is 1.44 bits per heavy atom. The van der Waals surface area contributed by atoms with Crippen LogP contribution in [-0.2, 0) is 6.54 Å². The molecule has 0 spiro atoms. The lowest BCUT2D eigenvalue weighted by Crippen LogP contribution is -2.32. The molecule has 4 heteroatoms. The summed E-state index contributed by atoms with van der Waals surface area (Å²) in [6, 6.07) is 3.58. The molecule has 1 atom stereocenters. The molecule has 0 amide bonds. The maximum Gasteiger partial charge on any atom is 0.0468 e. The van der Waals surface area contributed by atoms with Gasteiger partial charge in [0, 0.05) is 42.3 Å². The Bertz CT molecular complexity index is 359.